The zero-order valence-electron chi connectivity index (χ0n) is 18.0. The number of carbonyl (C=O) groups is 2. The first-order valence-corrected chi connectivity index (χ1v) is 13.5. The number of hydrogen-bond donors (Lipinski definition) is 1. The van der Waals surface area contributed by atoms with Gasteiger partial charge >= 0.3 is 0 Å². The molecule has 2 N–H and O–H groups in total. The Morgan fingerprint density at radius 2 is 1.69 bits per heavy atom. The fraction of sp³-hybridized carbons (Fsp3) is 0.130. The van der Waals surface area contributed by atoms with Crippen molar-refractivity contribution in [3.8, 4) is 0 Å². The van der Waals surface area contributed by atoms with Crippen LogP contribution in [0.1, 0.15) is 11.1 Å². The van der Waals surface area contributed by atoms with Gasteiger partial charge in [0.2, 0.25) is 15.9 Å². The van der Waals surface area contributed by atoms with Gasteiger partial charge in [0.1, 0.15) is 11.6 Å². The lowest BCUT2D eigenvalue weighted by Crippen LogP contribution is -2.54. The first-order chi connectivity index (χ1) is 16.5. The number of sulfone groups is 1. The molecule has 12 heteroatoms. The molecule has 0 aromatic heterocycles. The molecule has 9 nitrogen and oxygen atoms in total. The number of sulfonamides is 1. The minimum Gasteiger partial charge on any atom is -0.304 e. The molecule has 0 saturated carbocycles. The molecule has 35 heavy (non-hydrogen) atoms. The van der Waals surface area contributed by atoms with Gasteiger partial charge in [0.15, 0.2) is 9.84 Å². The maximum absolute atomic E-state index is 14.0. The summed E-state index contributed by atoms with van der Waals surface area (Å²) in [6, 6.07) is 16.5. The number of halogens is 1. The highest BCUT2D eigenvalue weighted by atomic mass is 32.2. The topological polar surface area (TPSA) is 135 Å². The van der Waals surface area contributed by atoms with Gasteiger partial charge in [0, 0.05) is 11.3 Å². The van der Waals surface area contributed by atoms with Gasteiger partial charge in [-0.1, -0.05) is 36.4 Å². The predicted molar refractivity (Wildman–Crippen MR) is 125 cm³/mol. The summed E-state index contributed by atoms with van der Waals surface area (Å²) >= 11 is 0. The highest BCUT2D eigenvalue weighted by Crippen LogP contribution is 2.52. The fourth-order valence-corrected chi connectivity index (χ4v) is 7.25. The Morgan fingerprint density at radius 1 is 0.971 bits per heavy atom. The van der Waals surface area contributed by atoms with Gasteiger partial charge < -0.3 is 4.90 Å². The van der Waals surface area contributed by atoms with Crippen molar-refractivity contribution < 1.29 is 30.8 Å². The number of anilines is 2. The lowest BCUT2D eigenvalue weighted by molar-refractivity contribution is -0.123. The van der Waals surface area contributed by atoms with Gasteiger partial charge in [-0.2, -0.15) is 0 Å². The maximum atomic E-state index is 14.0. The molecular formula is C23H18FN3O6S2. The van der Waals surface area contributed by atoms with Crippen molar-refractivity contribution in [1.29, 1.82) is 0 Å². The summed E-state index contributed by atoms with van der Waals surface area (Å²) in [6.07, 6.45) is 0. The normalized spacial score (nSPS) is 21.1. The van der Waals surface area contributed by atoms with E-state index in [0.29, 0.717) is 5.56 Å². The molecule has 1 fully saturated rings. The van der Waals surface area contributed by atoms with Crippen molar-refractivity contribution >= 4 is 43.0 Å². The Labute approximate surface area is 200 Å². The lowest BCUT2D eigenvalue weighted by Gasteiger charge is -2.32. The molecule has 1 atom stereocenters. The van der Waals surface area contributed by atoms with Crippen LogP contribution in [-0.2, 0) is 40.9 Å². The first kappa shape index (κ1) is 23.1. The standard InChI is InChI=1S/C23H18FN3O6S2/c24-16-6-3-5-15(11-16)13-26-20-10-2-1-9-19(20)23(22(26)29)27(21(28)14-34(23,30)31)17-7-4-8-18(12-17)35(25,32)33/h1-12H,13-14H2,(H2,25,32,33). The molecule has 180 valence electrons. The van der Waals surface area contributed by atoms with E-state index in [2.05, 4.69) is 0 Å². The monoisotopic (exact) mass is 515 g/mol. The van der Waals surface area contributed by atoms with Crippen molar-refractivity contribution in [2.24, 2.45) is 5.14 Å². The molecule has 0 aliphatic carbocycles. The molecule has 3 aromatic carbocycles. The number of nitrogens with zero attached hydrogens (tertiary/aromatic N) is 2. The summed E-state index contributed by atoms with van der Waals surface area (Å²) in [4.78, 5) is 26.4. The number of nitrogens with two attached hydrogens (primary N) is 1. The molecule has 2 aliphatic heterocycles. The van der Waals surface area contributed by atoms with Gasteiger partial charge in [0.25, 0.3) is 10.8 Å². The van der Waals surface area contributed by atoms with Crippen LogP contribution in [0.2, 0.25) is 0 Å². The van der Waals surface area contributed by atoms with Crippen LogP contribution in [0, 0.1) is 5.82 Å². The number of carbonyl (C=O) groups excluding carboxylic acids is 2. The number of hydrogen-bond acceptors (Lipinski definition) is 6. The predicted octanol–water partition coefficient (Wildman–Crippen LogP) is 1.63. The number of fused-ring (bicyclic) bond motifs is 2. The van der Waals surface area contributed by atoms with E-state index in [-0.39, 0.29) is 28.4 Å². The fourth-order valence-electron chi connectivity index (χ4n) is 4.67. The van der Waals surface area contributed by atoms with E-state index in [1.54, 1.807) is 18.2 Å². The second-order valence-corrected chi connectivity index (χ2v) is 11.9. The van der Waals surface area contributed by atoms with Gasteiger partial charge in [-0.15, -0.1) is 0 Å². The second-order valence-electron chi connectivity index (χ2n) is 8.21. The number of amides is 2. The zero-order valence-corrected chi connectivity index (χ0v) is 19.6. The molecule has 2 heterocycles. The van der Waals surface area contributed by atoms with Gasteiger partial charge in [-0.25, -0.2) is 26.4 Å². The molecule has 2 amide bonds. The van der Waals surface area contributed by atoms with E-state index < -0.39 is 48.1 Å². The minimum absolute atomic E-state index is 0.0493. The van der Waals surface area contributed by atoms with Crippen molar-refractivity contribution in [2.45, 2.75) is 16.3 Å². The highest BCUT2D eigenvalue weighted by Gasteiger charge is 2.69. The Morgan fingerprint density at radius 3 is 2.40 bits per heavy atom. The smallest absolute Gasteiger partial charge is 0.274 e. The van der Waals surface area contributed by atoms with Crippen LogP contribution in [0.25, 0.3) is 0 Å². The quantitative estimate of drug-likeness (QED) is 0.561. The third-order valence-electron chi connectivity index (χ3n) is 6.06. The first-order valence-electron chi connectivity index (χ1n) is 10.3. The van der Waals surface area contributed by atoms with Crippen LogP contribution in [-0.4, -0.2) is 34.4 Å². The average Bonchev–Trinajstić information content (AvgIpc) is 3.16. The molecule has 2 aliphatic rings. The minimum atomic E-state index is -4.45. The van der Waals surface area contributed by atoms with Crippen LogP contribution in [0.3, 0.4) is 0 Å². The van der Waals surface area contributed by atoms with Crippen LogP contribution < -0.4 is 14.9 Å². The maximum Gasteiger partial charge on any atom is 0.274 e. The molecule has 1 saturated heterocycles. The van der Waals surface area contributed by atoms with Crippen molar-refractivity contribution in [1.82, 2.24) is 0 Å². The molecule has 1 unspecified atom stereocenters. The lowest BCUT2D eigenvalue weighted by atomic mass is 10.0. The number of rotatable bonds is 4. The summed E-state index contributed by atoms with van der Waals surface area (Å²) in [7, 11) is -8.63. The Hall–Kier alpha value is -3.61. The Balaban J connectivity index is 1.75. The van der Waals surface area contributed by atoms with Gasteiger partial charge in [0.05, 0.1) is 17.1 Å². The highest BCUT2D eigenvalue weighted by molar-refractivity contribution is 7.94. The van der Waals surface area contributed by atoms with E-state index in [1.807, 2.05) is 0 Å². The molecule has 1 spiro atoms. The van der Waals surface area contributed by atoms with E-state index in [9.17, 15) is 30.8 Å². The number of para-hydroxylation sites is 1. The summed E-state index contributed by atoms with van der Waals surface area (Å²) in [5.41, 5.74) is 0.592. The van der Waals surface area contributed by atoms with Crippen molar-refractivity contribution in [3.05, 3.63) is 89.7 Å². The average molecular weight is 516 g/mol. The third kappa shape index (κ3) is 3.36. The van der Waals surface area contributed by atoms with E-state index in [0.717, 1.165) is 11.0 Å². The summed E-state index contributed by atoms with van der Waals surface area (Å²) in [6.45, 7) is -0.149. The second kappa shape index (κ2) is 7.70. The van der Waals surface area contributed by atoms with Crippen molar-refractivity contribution in [3.63, 3.8) is 0 Å². The summed E-state index contributed by atoms with van der Waals surface area (Å²) in [5.74, 6) is -3.30. The van der Waals surface area contributed by atoms with Crippen molar-refractivity contribution in [2.75, 3.05) is 15.6 Å². The van der Waals surface area contributed by atoms with E-state index in [1.165, 1.54) is 53.4 Å². The molecule has 0 bridgehead atoms. The largest absolute Gasteiger partial charge is 0.304 e. The Kier molecular flexibility index (Phi) is 5.09. The zero-order chi connectivity index (χ0) is 25.2. The molecular weight excluding hydrogens is 497 g/mol. The van der Waals surface area contributed by atoms with E-state index in [4.69, 9.17) is 5.14 Å². The molecule has 5 rings (SSSR count). The molecule has 3 aromatic rings. The summed E-state index contributed by atoms with van der Waals surface area (Å²) < 4.78 is 64.8. The van der Waals surface area contributed by atoms with Crippen LogP contribution >= 0.6 is 0 Å². The Bertz CT molecular complexity index is 1620. The molecule has 0 radical (unpaired) electrons. The van der Waals surface area contributed by atoms with Crippen LogP contribution in [0.4, 0.5) is 15.8 Å². The number of primary sulfonamides is 1. The van der Waals surface area contributed by atoms with Crippen LogP contribution in [0.5, 0.6) is 0 Å². The van der Waals surface area contributed by atoms with Gasteiger partial charge in [-0.05, 0) is 42.0 Å². The van der Waals surface area contributed by atoms with E-state index >= 15 is 0 Å². The van der Waals surface area contributed by atoms with Crippen LogP contribution in [0.15, 0.2) is 77.7 Å². The third-order valence-corrected chi connectivity index (χ3v) is 9.07. The SMILES string of the molecule is NS(=O)(=O)c1cccc(N2C(=O)CS(=O)(=O)C23C(=O)N(Cc2cccc(F)c2)c2ccccc23)c1. The summed E-state index contributed by atoms with van der Waals surface area (Å²) in [5, 5.41) is 5.23. The van der Waals surface area contributed by atoms with Gasteiger partial charge in [-0.3, -0.25) is 14.5 Å². The number of benzene rings is 3.